The number of likely N-dealkylation sites (N-methyl/N-ethyl adjacent to an activating group) is 1. The van der Waals surface area contributed by atoms with E-state index < -0.39 is 0 Å². The third-order valence-corrected chi connectivity index (χ3v) is 4.13. The Hall–Kier alpha value is -2.41. The molecule has 1 aromatic rings. The van der Waals surface area contributed by atoms with E-state index in [1.54, 1.807) is 10.9 Å². The Bertz CT molecular complexity index is 623. The first-order valence-corrected chi connectivity index (χ1v) is 8.67. The number of nitrogens with one attached hydrogen (secondary N) is 2. The van der Waals surface area contributed by atoms with Crippen molar-refractivity contribution in [2.45, 2.75) is 12.8 Å². The van der Waals surface area contributed by atoms with Gasteiger partial charge < -0.3 is 15.5 Å². The van der Waals surface area contributed by atoms with E-state index in [2.05, 4.69) is 38.8 Å². The first-order valence-electron chi connectivity index (χ1n) is 8.67. The number of aryl methyl sites for hydroxylation is 1. The number of nitrogens with zero attached hydrogens (tertiary/aromatic N) is 5. The molecule has 1 aromatic heterocycles. The van der Waals surface area contributed by atoms with Gasteiger partial charge in [-0.05, 0) is 37.9 Å². The van der Waals surface area contributed by atoms with Gasteiger partial charge in [0, 0.05) is 39.6 Å². The van der Waals surface area contributed by atoms with E-state index in [1.807, 2.05) is 32.6 Å². The zero-order valence-electron chi connectivity index (χ0n) is 15.3. The molecule has 2 aliphatic rings. The second kappa shape index (κ2) is 9.78. The van der Waals surface area contributed by atoms with E-state index in [1.165, 1.54) is 12.8 Å². The van der Waals surface area contributed by atoms with Crippen molar-refractivity contribution in [2.24, 2.45) is 23.0 Å². The van der Waals surface area contributed by atoms with Crippen LogP contribution in [0.3, 0.4) is 0 Å². The van der Waals surface area contributed by atoms with Crippen LogP contribution in [-0.2, 0) is 7.05 Å². The lowest BCUT2D eigenvalue weighted by molar-refractivity contribution is 0.385. The van der Waals surface area contributed by atoms with Crippen LogP contribution < -0.4 is 10.6 Å². The Morgan fingerprint density at radius 3 is 2.92 bits per heavy atom. The highest BCUT2D eigenvalue weighted by atomic mass is 15.3. The summed E-state index contributed by atoms with van der Waals surface area (Å²) >= 11 is 0. The molecule has 2 aliphatic heterocycles. The molecule has 3 rings (SSSR count). The third-order valence-electron chi connectivity index (χ3n) is 4.13. The van der Waals surface area contributed by atoms with Crippen molar-refractivity contribution in [3.8, 4) is 0 Å². The van der Waals surface area contributed by atoms with Crippen molar-refractivity contribution in [2.75, 3.05) is 38.5 Å². The monoisotopic (exact) mass is 343 g/mol. The third kappa shape index (κ3) is 5.56. The smallest absolute Gasteiger partial charge is 0.173 e. The van der Waals surface area contributed by atoms with Gasteiger partial charge >= 0.3 is 0 Å². The largest absolute Gasteiger partial charge is 0.353 e. The summed E-state index contributed by atoms with van der Waals surface area (Å²) in [4.78, 5) is 11.5. The molecule has 2 N–H and O–H groups in total. The standard InChI is InChI=1S/C16H25N7.C2H4/c1-22-8-4-7-18-15(21-14-11-20-23(2)12-14)16(22)19-10-13-5-3-6-17-9-13;1-2/h4,7,11-13,17H,3,5-6,8-10H2,1-2H3,(H,18,21);1-2H2. The first-order chi connectivity index (χ1) is 12.2. The zero-order valence-corrected chi connectivity index (χ0v) is 15.3. The Labute approximate surface area is 150 Å². The molecular formula is C18H29N7. The number of hydrogen-bond donors (Lipinski definition) is 2. The number of rotatable bonds is 3. The average Bonchev–Trinajstić information content (AvgIpc) is 2.97. The number of aliphatic imine (C=N–C) groups is 2. The minimum atomic E-state index is 0.612. The fourth-order valence-electron chi connectivity index (χ4n) is 2.86. The molecule has 1 atom stereocenters. The molecule has 25 heavy (non-hydrogen) atoms. The van der Waals surface area contributed by atoms with E-state index in [0.29, 0.717) is 5.92 Å². The fraction of sp³-hybridized carbons (Fsp3) is 0.500. The topological polar surface area (TPSA) is 69.8 Å². The Morgan fingerprint density at radius 1 is 1.40 bits per heavy atom. The van der Waals surface area contributed by atoms with Crippen LogP contribution in [0.15, 0.2) is 47.8 Å². The molecule has 0 spiro atoms. The van der Waals surface area contributed by atoms with Crippen molar-refractivity contribution in [3.05, 3.63) is 37.8 Å². The highest BCUT2D eigenvalue weighted by Crippen LogP contribution is 2.12. The average molecular weight is 343 g/mol. The Kier molecular flexibility index (Phi) is 7.40. The normalized spacial score (nSPS) is 22.0. The Morgan fingerprint density at radius 2 is 2.24 bits per heavy atom. The molecule has 1 fully saturated rings. The van der Waals surface area contributed by atoms with Gasteiger partial charge in [-0.1, -0.05) is 0 Å². The number of piperidine rings is 1. The van der Waals surface area contributed by atoms with Crippen LogP contribution in [0.2, 0.25) is 0 Å². The molecule has 0 radical (unpaired) electrons. The molecular weight excluding hydrogens is 314 g/mol. The molecule has 7 heteroatoms. The lowest BCUT2D eigenvalue weighted by Gasteiger charge is -2.24. The van der Waals surface area contributed by atoms with Gasteiger partial charge in [0.05, 0.1) is 11.9 Å². The molecule has 1 unspecified atom stereocenters. The van der Waals surface area contributed by atoms with Gasteiger partial charge in [0.2, 0.25) is 0 Å². The first kappa shape index (κ1) is 18.9. The van der Waals surface area contributed by atoms with Crippen molar-refractivity contribution in [3.63, 3.8) is 0 Å². The van der Waals surface area contributed by atoms with Crippen LogP contribution in [-0.4, -0.2) is 59.6 Å². The van der Waals surface area contributed by atoms with Crippen LogP contribution in [0.5, 0.6) is 0 Å². The molecule has 3 heterocycles. The van der Waals surface area contributed by atoms with E-state index in [4.69, 9.17) is 4.99 Å². The van der Waals surface area contributed by atoms with Gasteiger partial charge in [-0.2, -0.15) is 5.10 Å². The van der Waals surface area contributed by atoms with Crippen LogP contribution >= 0.6 is 0 Å². The summed E-state index contributed by atoms with van der Waals surface area (Å²) in [7, 11) is 3.95. The minimum absolute atomic E-state index is 0.612. The van der Waals surface area contributed by atoms with Crippen LogP contribution in [0.4, 0.5) is 5.69 Å². The maximum absolute atomic E-state index is 4.87. The summed E-state index contributed by atoms with van der Waals surface area (Å²) in [6.07, 6.45) is 10.1. The SMILES string of the molecule is C=C.CN1CC=CN=C(Nc2cnn(C)c2)C1=NCC1CCCNC1. The zero-order chi connectivity index (χ0) is 18.1. The van der Waals surface area contributed by atoms with Gasteiger partial charge in [-0.25, -0.2) is 4.99 Å². The van der Waals surface area contributed by atoms with E-state index >= 15 is 0 Å². The van der Waals surface area contributed by atoms with Gasteiger partial charge in [0.1, 0.15) is 0 Å². The van der Waals surface area contributed by atoms with E-state index in [0.717, 1.165) is 43.5 Å². The number of aromatic nitrogens is 2. The van der Waals surface area contributed by atoms with E-state index in [-0.39, 0.29) is 0 Å². The molecule has 0 saturated carbocycles. The van der Waals surface area contributed by atoms with Crippen molar-refractivity contribution >= 4 is 17.4 Å². The maximum Gasteiger partial charge on any atom is 0.173 e. The summed E-state index contributed by atoms with van der Waals surface area (Å²) in [6, 6.07) is 0. The molecule has 0 aromatic carbocycles. The van der Waals surface area contributed by atoms with Crippen molar-refractivity contribution in [1.29, 1.82) is 0 Å². The summed E-state index contributed by atoms with van der Waals surface area (Å²) in [6.45, 7) is 9.83. The van der Waals surface area contributed by atoms with Crippen molar-refractivity contribution < 1.29 is 0 Å². The second-order valence-corrected chi connectivity index (χ2v) is 6.15. The predicted molar refractivity (Wildman–Crippen MR) is 105 cm³/mol. The molecule has 7 nitrogen and oxygen atoms in total. The summed E-state index contributed by atoms with van der Waals surface area (Å²) in [5, 5.41) is 11.0. The van der Waals surface area contributed by atoms with Gasteiger partial charge in [-0.15, -0.1) is 13.2 Å². The van der Waals surface area contributed by atoms with Gasteiger partial charge in [-0.3, -0.25) is 9.67 Å². The summed E-state index contributed by atoms with van der Waals surface area (Å²) in [5.41, 5.74) is 0.919. The van der Waals surface area contributed by atoms with Crippen LogP contribution in [0.1, 0.15) is 12.8 Å². The molecule has 0 bridgehead atoms. The van der Waals surface area contributed by atoms with Gasteiger partial charge in [0.25, 0.3) is 0 Å². The summed E-state index contributed by atoms with van der Waals surface area (Å²) in [5.74, 6) is 2.29. The van der Waals surface area contributed by atoms with E-state index in [9.17, 15) is 0 Å². The van der Waals surface area contributed by atoms with Gasteiger partial charge in [0.15, 0.2) is 11.7 Å². The number of hydrogen-bond acceptors (Lipinski definition) is 5. The molecule has 1 saturated heterocycles. The lowest BCUT2D eigenvalue weighted by atomic mass is 10.00. The summed E-state index contributed by atoms with van der Waals surface area (Å²) < 4.78 is 1.77. The van der Waals surface area contributed by atoms with Crippen LogP contribution in [0, 0.1) is 5.92 Å². The fourth-order valence-corrected chi connectivity index (χ4v) is 2.86. The second-order valence-electron chi connectivity index (χ2n) is 6.15. The maximum atomic E-state index is 4.87. The van der Waals surface area contributed by atoms with Crippen molar-refractivity contribution in [1.82, 2.24) is 20.0 Å². The molecule has 136 valence electrons. The predicted octanol–water partition coefficient (Wildman–Crippen LogP) is 1.89. The molecule has 0 amide bonds. The molecule has 0 aliphatic carbocycles. The number of anilines is 1. The lowest BCUT2D eigenvalue weighted by Crippen LogP contribution is -2.38. The minimum Gasteiger partial charge on any atom is -0.353 e. The number of amidine groups is 2. The van der Waals surface area contributed by atoms with Crippen LogP contribution in [0.25, 0.3) is 0 Å². The Balaban J connectivity index is 0.00000109. The highest BCUT2D eigenvalue weighted by molar-refractivity contribution is 6.44. The highest BCUT2D eigenvalue weighted by Gasteiger charge is 2.18. The quantitative estimate of drug-likeness (QED) is 0.823.